The zero-order valence-electron chi connectivity index (χ0n) is 29.0. The van der Waals surface area contributed by atoms with Gasteiger partial charge < -0.3 is 14.4 Å². The highest BCUT2D eigenvalue weighted by Gasteiger charge is 2.22. The molecule has 0 aliphatic heterocycles. The predicted molar refractivity (Wildman–Crippen MR) is 180 cm³/mol. The smallest absolute Gasteiger partial charge is 0.309 e. The van der Waals surface area contributed by atoms with E-state index in [1.807, 2.05) is 0 Å². The SMILES string of the molecule is CCCCCCCCCCC(COC(=O)C(CCCCCCCC)CCCCCCCC)OC(=O)CCCCN(C)C. The first kappa shape index (κ1) is 40.9. The number of rotatable bonds is 32. The van der Waals surface area contributed by atoms with Crippen LogP contribution in [0.5, 0.6) is 0 Å². The van der Waals surface area contributed by atoms with Gasteiger partial charge in [-0.15, -0.1) is 0 Å². The van der Waals surface area contributed by atoms with Crippen LogP contribution in [-0.4, -0.2) is 50.2 Å². The second-order valence-electron chi connectivity index (χ2n) is 13.1. The quantitative estimate of drug-likeness (QED) is 0.0572. The summed E-state index contributed by atoms with van der Waals surface area (Å²) in [7, 11) is 4.11. The number of carbonyl (C=O) groups excluding carboxylic acids is 2. The molecule has 0 fully saturated rings. The van der Waals surface area contributed by atoms with Gasteiger partial charge in [0.1, 0.15) is 12.7 Å². The zero-order chi connectivity index (χ0) is 31.1. The van der Waals surface area contributed by atoms with Gasteiger partial charge in [0.2, 0.25) is 0 Å². The van der Waals surface area contributed by atoms with Crippen molar-refractivity contribution < 1.29 is 19.1 Å². The minimum atomic E-state index is -0.320. The van der Waals surface area contributed by atoms with E-state index in [0.29, 0.717) is 6.42 Å². The first-order valence-corrected chi connectivity index (χ1v) is 18.4. The highest BCUT2D eigenvalue weighted by molar-refractivity contribution is 5.72. The second kappa shape index (κ2) is 31.3. The molecule has 0 rings (SSSR count). The Bertz CT molecular complexity index is 578. The summed E-state index contributed by atoms with van der Waals surface area (Å²) >= 11 is 0. The molecular weight excluding hydrogens is 522 g/mol. The monoisotopic (exact) mass is 596 g/mol. The van der Waals surface area contributed by atoms with Gasteiger partial charge in [-0.2, -0.15) is 0 Å². The van der Waals surface area contributed by atoms with Crippen molar-refractivity contribution in [2.24, 2.45) is 5.92 Å². The first-order valence-electron chi connectivity index (χ1n) is 18.4. The first-order chi connectivity index (χ1) is 20.4. The molecule has 0 aromatic rings. The highest BCUT2D eigenvalue weighted by Crippen LogP contribution is 2.22. The van der Waals surface area contributed by atoms with E-state index in [1.165, 1.54) is 103 Å². The van der Waals surface area contributed by atoms with Crippen LogP contribution in [0, 0.1) is 5.92 Å². The van der Waals surface area contributed by atoms with Crippen LogP contribution in [0.15, 0.2) is 0 Å². The van der Waals surface area contributed by atoms with E-state index in [9.17, 15) is 9.59 Å². The molecular formula is C37H73NO4. The summed E-state index contributed by atoms with van der Waals surface area (Å²) in [5.74, 6) is -0.238. The maximum absolute atomic E-state index is 13.3. The van der Waals surface area contributed by atoms with Crippen molar-refractivity contribution in [3.05, 3.63) is 0 Å². The van der Waals surface area contributed by atoms with Crippen LogP contribution in [-0.2, 0) is 19.1 Å². The average Bonchev–Trinajstić information content (AvgIpc) is 2.97. The van der Waals surface area contributed by atoms with Crippen LogP contribution in [0.3, 0.4) is 0 Å². The molecule has 0 saturated carbocycles. The Labute approximate surface area is 262 Å². The minimum Gasteiger partial charge on any atom is -0.462 e. The number of hydrogen-bond donors (Lipinski definition) is 0. The Hall–Kier alpha value is -1.10. The van der Waals surface area contributed by atoms with Gasteiger partial charge >= 0.3 is 11.9 Å². The van der Waals surface area contributed by atoms with Gasteiger partial charge in [-0.3, -0.25) is 9.59 Å². The topological polar surface area (TPSA) is 55.8 Å². The molecule has 5 nitrogen and oxygen atoms in total. The molecule has 0 radical (unpaired) electrons. The summed E-state index contributed by atoms with van der Waals surface area (Å²) in [6.07, 6.45) is 29.3. The Balaban J connectivity index is 4.84. The van der Waals surface area contributed by atoms with Gasteiger partial charge in [0.15, 0.2) is 0 Å². The van der Waals surface area contributed by atoms with Crippen LogP contribution in [0.2, 0.25) is 0 Å². The summed E-state index contributed by atoms with van der Waals surface area (Å²) in [4.78, 5) is 28.1. The summed E-state index contributed by atoms with van der Waals surface area (Å²) < 4.78 is 11.8. The lowest BCUT2D eigenvalue weighted by Gasteiger charge is -2.21. The third-order valence-corrected chi connectivity index (χ3v) is 8.47. The van der Waals surface area contributed by atoms with E-state index in [-0.39, 0.29) is 30.6 Å². The number of carbonyl (C=O) groups is 2. The van der Waals surface area contributed by atoms with Crippen LogP contribution >= 0.6 is 0 Å². The molecule has 0 heterocycles. The fraction of sp³-hybridized carbons (Fsp3) is 0.946. The maximum atomic E-state index is 13.3. The van der Waals surface area contributed by atoms with Crippen molar-refractivity contribution in [2.45, 2.75) is 194 Å². The minimum absolute atomic E-state index is 0.0205. The van der Waals surface area contributed by atoms with E-state index in [1.54, 1.807) is 0 Å². The van der Waals surface area contributed by atoms with Crippen molar-refractivity contribution >= 4 is 11.9 Å². The fourth-order valence-electron chi connectivity index (χ4n) is 5.64. The van der Waals surface area contributed by atoms with E-state index < -0.39 is 0 Å². The van der Waals surface area contributed by atoms with Crippen molar-refractivity contribution in [1.29, 1.82) is 0 Å². The molecule has 0 aliphatic carbocycles. The van der Waals surface area contributed by atoms with Crippen molar-refractivity contribution in [2.75, 3.05) is 27.2 Å². The van der Waals surface area contributed by atoms with Crippen LogP contribution < -0.4 is 0 Å². The van der Waals surface area contributed by atoms with Crippen molar-refractivity contribution in [1.82, 2.24) is 4.90 Å². The summed E-state index contributed by atoms with van der Waals surface area (Å²) in [5.41, 5.74) is 0. The Kier molecular flexibility index (Phi) is 30.5. The zero-order valence-corrected chi connectivity index (χ0v) is 29.0. The van der Waals surface area contributed by atoms with Crippen LogP contribution in [0.25, 0.3) is 0 Å². The molecule has 0 amide bonds. The third kappa shape index (κ3) is 27.7. The normalized spacial score (nSPS) is 12.3. The molecule has 1 unspecified atom stereocenters. The molecule has 250 valence electrons. The summed E-state index contributed by atoms with van der Waals surface area (Å²) in [6, 6.07) is 0. The highest BCUT2D eigenvalue weighted by atomic mass is 16.6. The van der Waals surface area contributed by atoms with Gasteiger partial charge in [-0.25, -0.2) is 0 Å². The van der Waals surface area contributed by atoms with Crippen molar-refractivity contribution in [3.8, 4) is 0 Å². The second-order valence-corrected chi connectivity index (χ2v) is 13.1. The molecule has 0 aromatic carbocycles. The molecule has 1 atom stereocenters. The lowest BCUT2D eigenvalue weighted by atomic mass is 9.94. The van der Waals surface area contributed by atoms with Gasteiger partial charge in [-0.1, -0.05) is 143 Å². The average molecular weight is 596 g/mol. The molecule has 0 bridgehead atoms. The molecule has 42 heavy (non-hydrogen) atoms. The van der Waals surface area contributed by atoms with E-state index in [4.69, 9.17) is 9.47 Å². The molecule has 0 aromatic heterocycles. The summed E-state index contributed by atoms with van der Waals surface area (Å²) in [5, 5.41) is 0. The Morgan fingerprint density at radius 2 is 0.976 bits per heavy atom. The third-order valence-electron chi connectivity index (χ3n) is 8.47. The Morgan fingerprint density at radius 3 is 1.43 bits per heavy atom. The molecule has 0 spiro atoms. The number of unbranched alkanes of at least 4 members (excludes halogenated alkanes) is 18. The van der Waals surface area contributed by atoms with Gasteiger partial charge in [0, 0.05) is 6.42 Å². The predicted octanol–water partition coefficient (Wildman–Crippen LogP) is 10.8. The maximum Gasteiger partial charge on any atom is 0.309 e. The van der Waals surface area contributed by atoms with E-state index in [0.717, 1.165) is 64.3 Å². The van der Waals surface area contributed by atoms with Gasteiger partial charge in [0.05, 0.1) is 5.92 Å². The van der Waals surface area contributed by atoms with E-state index >= 15 is 0 Å². The summed E-state index contributed by atoms with van der Waals surface area (Å²) in [6.45, 7) is 7.93. The van der Waals surface area contributed by atoms with Gasteiger partial charge in [-0.05, 0) is 59.2 Å². The number of ether oxygens (including phenoxy) is 2. The lowest BCUT2D eigenvalue weighted by Crippen LogP contribution is -2.28. The molecule has 0 saturated heterocycles. The number of hydrogen-bond acceptors (Lipinski definition) is 5. The molecule has 5 heteroatoms. The standard InChI is InChI=1S/C37H73NO4/c1-6-9-12-15-18-19-22-25-30-35(42-36(39)31-26-27-32-38(4)5)33-41-37(40)34(28-23-20-16-13-10-7-2)29-24-21-17-14-11-8-3/h34-35H,6-33H2,1-5H3. The number of esters is 2. The van der Waals surface area contributed by atoms with Gasteiger partial charge in [0.25, 0.3) is 0 Å². The van der Waals surface area contributed by atoms with Crippen LogP contribution in [0.1, 0.15) is 188 Å². The molecule has 0 N–H and O–H groups in total. The fourth-order valence-corrected chi connectivity index (χ4v) is 5.64. The Morgan fingerprint density at radius 1 is 0.548 bits per heavy atom. The number of nitrogens with zero attached hydrogens (tertiary/aromatic N) is 1. The molecule has 0 aliphatic rings. The van der Waals surface area contributed by atoms with Crippen molar-refractivity contribution in [3.63, 3.8) is 0 Å². The largest absolute Gasteiger partial charge is 0.462 e. The van der Waals surface area contributed by atoms with E-state index in [2.05, 4.69) is 39.8 Å². The van der Waals surface area contributed by atoms with Crippen LogP contribution in [0.4, 0.5) is 0 Å². The lowest BCUT2D eigenvalue weighted by molar-refractivity contribution is -0.162.